The molecule has 110 valence electrons. The molecule has 2 aliphatic heterocycles. The van der Waals surface area contributed by atoms with Crippen LogP contribution in [0.2, 0.25) is 0 Å². The maximum Gasteiger partial charge on any atom is 0.116 e. The van der Waals surface area contributed by atoms with Gasteiger partial charge in [-0.15, -0.1) is 47.0 Å². The molecule has 0 aliphatic carbocycles. The van der Waals surface area contributed by atoms with Crippen LogP contribution in [-0.4, -0.2) is 27.8 Å². The molecule has 2 heterocycles. The summed E-state index contributed by atoms with van der Waals surface area (Å²) in [7, 11) is 0. The molecule has 4 unspecified atom stereocenters. The lowest BCUT2D eigenvalue weighted by atomic mass is 10.2. The fourth-order valence-electron chi connectivity index (χ4n) is 2.38. The van der Waals surface area contributed by atoms with Gasteiger partial charge in [0.25, 0.3) is 0 Å². The summed E-state index contributed by atoms with van der Waals surface area (Å²) in [6.45, 7) is 2.30. The fraction of sp³-hybridized carbons (Fsp3) is 0.600. The average molecular weight is 362 g/mol. The van der Waals surface area contributed by atoms with Crippen LogP contribution >= 0.6 is 47.0 Å². The Morgan fingerprint density at radius 1 is 0.950 bits per heavy atom. The molecule has 0 radical (unpaired) electrons. The van der Waals surface area contributed by atoms with Crippen LogP contribution in [0, 0.1) is 0 Å². The number of thioether (sulfide) groups is 4. The second-order valence-electron chi connectivity index (χ2n) is 5.13. The minimum absolute atomic E-state index is 0.637. The van der Waals surface area contributed by atoms with Crippen molar-refractivity contribution in [2.24, 2.45) is 0 Å². The smallest absolute Gasteiger partial charge is 0.116 e. The average Bonchev–Trinajstić information content (AvgIpc) is 3.16. The van der Waals surface area contributed by atoms with Crippen molar-refractivity contribution in [3.63, 3.8) is 0 Å². The molecule has 1 aromatic carbocycles. The van der Waals surface area contributed by atoms with Crippen molar-refractivity contribution in [3.05, 3.63) is 35.4 Å². The van der Waals surface area contributed by atoms with E-state index in [4.69, 9.17) is 0 Å². The molecule has 0 N–H and O–H groups in total. The Morgan fingerprint density at radius 2 is 1.45 bits per heavy atom. The number of rotatable bonds is 4. The molecule has 1 aromatic rings. The van der Waals surface area contributed by atoms with E-state index >= 15 is 0 Å². The van der Waals surface area contributed by atoms with Crippen molar-refractivity contribution >= 4 is 59.7 Å². The van der Waals surface area contributed by atoms with Crippen LogP contribution in [0.1, 0.15) is 33.6 Å². The van der Waals surface area contributed by atoms with E-state index in [9.17, 15) is 0 Å². The van der Waals surface area contributed by atoms with Crippen LogP contribution in [0.3, 0.4) is 0 Å². The predicted octanol–water partition coefficient (Wildman–Crippen LogP) is 4.80. The fourth-order valence-corrected chi connectivity index (χ4v) is 9.61. The molecule has 0 aromatic heterocycles. The van der Waals surface area contributed by atoms with Crippen LogP contribution in [-0.2, 0) is 12.6 Å². The summed E-state index contributed by atoms with van der Waals surface area (Å²) in [4.78, 5) is 0. The van der Waals surface area contributed by atoms with Gasteiger partial charge in [0.1, 0.15) is 5.75 Å². The Bertz CT molecular complexity index is 391. The minimum atomic E-state index is 0.637. The van der Waals surface area contributed by atoms with E-state index < -0.39 is 0 Å². The summed E-state index contributed by atoms with van der Waals surface area (Å²) in [5, 5.41) is 1.62. The first kappa shape index (κ1) is 15.9. The molecule has 20 heavy (non-hydrogen) atoms. The van der Waals surface area contributed by atoms with E-state index in [1.54, 1.807) is 0 Å². The summed E-state index contributed by atoms with van der Waals surface area (Å²) in [5.74, 6) is 3.70. The molecule has 0 nitrogen and oxygen atoms in total. The van der Waals surface area contributed by atoms with E-state index in [-0.39, 0.29) is 0 Å². The largest absolute Gasteiger partial charge is 0.142 e. The molecule has 0 amide bonds. The normalized spacial score (nSPS) is 33.7. The van der Waals surface area contributed by atoms with E-state index in [2.05, 4.69) is 90.9 Å². The predicted molar refractivity (Wildman–Crippen MR) is 105 cm³/mol. The van der Waals surface area contributed by atoms with Crippen LogP contribution in [0.5, 0.6) is 0 Å². The highest BCUT2D eigenvalue weighted by atomic mass is 32.2. The van der Waals surface area contributed by atoms with Crippen molar-refractivity contribution < 1.29 is 0 Å². The lowest BCUT2D eigenvalue weighted by Gasteiger charge is -2.13. The van der Waals surface area contributed by atoms with Crippen molar-refractivity contribution in [2.45, 2.75) is 33.0 Å². The zero-order chi connectivity index (χ0) is 13.9. The summed E-state index contributed by atoms with van der Waals surface area (Å²) in [5.41, 5.74) is 3.00. The van der Waals surface area contributed by atoms with Gasteiger partial charge in [0.05, 0.1) is 14.4 Å². The molecular weight excluding hydrogens is 340 g/mol. The Balaban J connectivity index is 1.63. The van der Waals surface area contributed by atoms with Gasteiger partial charge < -0.3 is 0 Å². The standard InChI is InChI=1S/C15H20S5/c1-2-12-8-17-14(19-12)10-3-5-11(6-4-10)15-18-9-13(7-16)20-15/h3-6,12-16H,2,7-9H2,1H3/p+1. The van der Waals surface area contributed by atoms with Crippen LogP contribution in [0.4, 0.5) is 0 Å². The summed E-state index contributed by atoms with van der Waals surface area (Å²) < 4.78 is 1.30. The zero-order valence-electron chi connectivity index (χ0n) is 11.6. The lowest BCUT2D eigenvalue weighted by molar-refractivity contribution is 0.925. The van der Waals surface area contributed by atoms with Gasteiger partial charge in [0, 0.05) is 16.8 Å². The Hall–Kier alpha value is 0.970. The van der Waals surface area contributed by atoms with E-state index in [0.717, 1.165) is 16.3 Å². The minimum Gasteiger partial charge on any atom is -0.142 e. The lowest BCUT2D eigenvalue weighted by Crippen LogP contribution is -2.03. The van der Waals surface area contributed by atoms with Gasteiger partial charge in [0.2, 0.25) is 0 Å². The molecule has 0 bridgehead atoms. The van der Waals surface area contributed by atoms with Crippen molar-refractivity contribution in [1.29, 1.82) is 0 Å². The van der Waals surface area contributed by atoms with Gasteiger partial charge in [-0.3, -0.25) is 0 Å². The third-order valence-electron chi connectivity index (χ3n) is 3.66. The number of benzene rings is 1. The van der Waals surface area contributed by atoms with E-state index in [1.165, 1.54) is 29.1 Å². The zero-order valence-corrected chi connectivity index (χ0v) is 15.8. The van der Waals surface area contributed by atoms with Gasteiger partial charge in [-0.25, -0.2) is 0 Å². The second-order valence-corrected chi connectivity index (χ2v) is 11.2. The first-order valence-electron chi connectivity index (χ1n) is 7.08. The second kappa shape index (κ2) is 7.49. The van der Waals surface area contributed by atoms with E-state index in [0.29, 0.717) is 9.16 Å². The third kappa shape index (κ3) is 3.65. The van der Waals surface area contributed by atoms with Crippen molar-refractivity contribution in [3.8, 4) is 0 Å². The topological polar surface area (TPSA) is 0 Å². The van der Waals surface area contributed by atoms with Crippen molar-refractivity contribution in [2.75, 3.05) is 17.3 Å². The molecule has 5 heteroatoms. The van der Waals surface area contributed by atoms with Crippen LogP contribution in [0.25, 0.3) is 0 Å². The third-order valence-corrected chi connectivity index (χ3v) is 11.3. The molecule has 2 fully saturated rings. The van der Waals surface area contributed by atoms with Crippen LogP contribution in [0.15, 0.2) is 24.3 Å². The Morgan fingerprint density at radius 3 is 1.85 bits per heavy atom. The summed E-state index contributed by atoms with van der Waals surface area (Å²) in [6, 6.07) is 9.44. The van der Waals surface area contributed by atoms with E-state index in [1.807, 2.05) is 0 Å². The Labute approximate surface area is 144 Å². The Kier molecular flexibility index (Phi) is 5.94. The van der Waals surface area contributed by atoms with Gasteiger partial charge >= 0.3 is 0 Å². The maximum absolute atomic E-state index is 3.65. The molecule has 0 saturated carbocycles. The van der Waals surface area contributed by atoms with Gasteiger partial charge in [-0.1, -0.05) is 31.2 Å². The van der Waals surface area contributed by atoms with Gasteiger partial charge in [0.15, 0.2) is 0 Å². The highest BCUT2D eigenvalue weighted by molar-refractivity contribution is 8.20. The number of hydrogen-bond acceptors (Lipinski definition) is 4. The molecular formula is C15H21S5+. The van der Waals surface area contributed by atoms with Gasteiger partial charge in [-0.2, -0.15) is 0 Å². The molecule has 0 spiro atoms. The van der Waals surface area contributed by atoms with Crippen LogP contribution < -0.4 is 0 Å². The van der Waals surface area contributed by atoms with Crippen molar-refractivity contribution in [1.82, 2.24) is 0 Å². The maximum atomic E-state index is 3.65. The molecule has 4 atom stereocenters. The SMILES string of the molecule is CCC1CSC(c2ccc(C3SCC(C[SH2+])S3)cc2)S1. The van der Waals surface area contributed by atoms with Gasteiger partial charge in [-0.05, 0) is 30.2 Å². The quantitative estimate of drug-likeness (QED) is 0.706. The first-order valence-corrected chi connectivity index (χ1v) is 11.8. The molecule has 3 rings (SSSR count). The molecule has 2 aliphatic rings. The summed E-state index contributed by atoms with van der Waals surface area (Å²) in [6.07, 6.45) is 1.30. The highest BCUT2D eigenvalue weighted by Gasteiger charge is 2.29. The number of hydrogen-bond donors (Lipinski definition) is 0. The molecule has 2 saturated heterocycles. The highest BCUT2D eigenvalue weighted by Crippen LogP contribution is 2.52. The summed E-state index contributed by atoms with van der Waals surface area (Å²) >= 11 is 12.1. The first-order chi connectivity index (χ1) is 9.80. The monoisotopic (exact) mass is 361 g/mol.